The fourth-order valence-electron chi connectivity index (χ4n) is 1.63. The van der Waals surface area contributed by atoms with E-state index in [9.17, 15) is 9.18 Å². The Bertz CT molecular complexity index is 320. The van der Waals surface area contributed by atoms with Crippen LogP contribution in [0.1, 0.15) is 37.3 Å². The van der Waals surface area contributed by atoms with Crippen molar-refractivity contribution < 1.29 is 9.18 Å². The average molecular weight is 208 g/mol. The molecule has 0 amide bonds. The molecule has 1 aromatic carbocycles. The molecule has 0 heterocycles. The molecule has 1 aromatic rings. The predicted octanol–water partition coefficient (Wildman–Crippen LogP) is 3.28. The third-order valence-corrected chi connectivity index (χ3v) is 2.49. The predicted molar refractivity (Wildman–Crippen MR) is 59.8 cm³/mol. The van der Waals surface area contributed by atoms with Crippen molar-refractivity contribution in [2.75, 3.05) is 0 Å². The Morgan fingerprint density at radius 3 is 2.73 bits per heavy atom. The van der Waals surface area contributed by atoms with Crippen LogP contribution < -0.4 is 0 Å². The summed E-state index contributed by atoms with van der Waals surface area (Å²) in [4.78, 5) is 10.4. The van der Waals surface area contributed by atoms with Crippen LogP contribution in [0.2, 0.25) is 0 Å². The molecule has 0 aliphatic rings. The Kier molecular flexibility index (Phi) is 4.47. The molecule has 15 heavy (non-hydrogen) atoms. The maximum atomic E-state index is 12.8. The summed E-state index contributed by atoms with van der Waals surface area (Å²) < 4.78 is 12.8. The van der Waals surface area contributed by atoms with Crippen molar-refractivity contribution in [3.63, 3.8) is 0 Å². The molecule has 1 nitrogen and oxygen atoms in total. The van der Waals surface area contributed by atoms with Crippen LogP contribution in [0.4, 0.5) is 4.39 Å². The molecular formula is C13H17FO. The first-order valence-electron chi connectivity index (χ1n) is 5.30. The van der Waals surface area contributed by atoms with Gasteiger partial charge in [-0.1, -0.05) is 31.2 Å². The second kappa shape index (κ2) is 5.64. The van der Waals surface area contributed by atoms with E-state index >= 15 is 0 Å². The van der Waals surface area contributed by atoms with Gasteiger partial charge in [0.1, 0.15) is 12.5 Å². The summed E-state index contributed by atoms with van der Waals surface area (Å²) in [5.74, 6) is 0.220. The molecule has 0 saturated heterocycles. The molecule has 0 bridgehead atoms. The maximum absolute atomic E-state index is 12.8. The van der Waals surface area contributed by atoms with E-state index in [0.717, 1.165) is 17.4 Å². The fourth-order valence-corrected chi connectivity index (χ4v) is 1.63. The van der Waals surface area contributed by atoms with Crippen LogP contribution in [0.25, 0.3) is 0 Å². The molecule has 0 radical (unpaired) electrons. The molecule has 2 unspecified atom stereocenters. The first-order valence-corrected chi connectivity index (χ1v) is 5.30. The third-order valence-electron chi connectivity index (χ3n) is 2.49. The van der Waals surface area contributed by atoms with Gasteiger partial charge in [0.15, 0.2) is 0 Å². The van der Waals surface area contributed by atoms with Gasteiger partial charge >= 0.3 is 0 Å². The highest BCUT2D eigenvalue weighted by Gasteiger charge is 2.06. The van der Waals surface area contributed by atoms with E-state index in [1.807, 2.05) is 31.2 Å². The van der Waals surface area contributed by atoms with Crippen LogP contribution in [-0.2, 0) is 11.2 Å². The minimum absolute atomic E-state index is 0.220. The van der Waals surface area contributed by atoms with E-state index in [1.54, 1.807) is 6.92 Å². The van der Waals surface area contributed by atoms with Crippen molar-refractivity contribution in [2.24, 2.45) is 0 Å². The highest BCUT2D eigenvalue weighted by molar-refractivity contribution is 5.51. The molecule has 2 heteroatoms. The molecule has 2 atom stereocenters. The zero-order chi connectivity index (χ0) is 11.3. The maximum Gasteiger partial charge on any atom is 0.120 e. The average Bonchev–Trinajstić information content (AvgIpc) is 2.17. The number of halogens is 1. The van der Waals surface area contributed by atoms with Gasteiger partial charge in [-0.05, 0) is 24.0 Å². The van der Waals surface area contributed by atoms with Crippen molar-refractivity contribution in [3.8, 4) is 0 Å². The Hall–Kier alpha value is -1.18. The summed E-state index contributed by atoms with van der Waals surface area (Å²) in [6, 6.07) is 7.83. The van der Waals surface area contributed by atoms with Gasteiger partial charge in [-0.3, -0.25) is 0 Å². The summed E-state index contributed by atoms with van der Waals surface area (Å²) in [7, 11) is 0. The van der Waals surface area contributed by atoms with Gasteiger partial charge in [-0.2, -0.15) is 0 Å². The van der Waals surface area contributed by atoms with Crippen LogP contribution in [0.5, 0.6) is 0 Å². The summed E-state index contributed by atoms with van der Waals surface area (Å²) in [5, 5.41) is 0. The zero-order valence-electron chi connectivity index (χ0n) is 9.24. The standard InChI is InChI=1S/C13H17FO/c1-10(6-7-15)13-5-3-4-12(9-13)8-11(2)14/h3-5,7,9-11H,6,8H2,1-2H3. The van der Waals surface area contributed by atoms with E-state index in [0.29, 0.717) is 12.8 Å². The van der Waals surface area contributed by atoms with E-state index in [1.165, 1.54) is 0 Å². The summed E-state index contributed by atoms with van der Waals surface area (Å²) in [6.07, 6.45) is 1.08. The summed E-state index contributed by atoms with van der Waals surface area (Å²) in [5.41, 5.74) is 2.11. The topological polar surface area (TPSA) is 17.1 Å². The highest BCUT2D eigenvalue weighted by Crippen LogP contribution is 2.19. The van der Waals surface area contributed by atoms with Crippen LogP contribution in [0.15, 0.2) is 24.3 Å². The number of alkyl halides is 1. The number of carbonyl (C=O) groups excluding carboxylic acids is 1. The van der Waals surface area contributed by atoms with Gasteiger partial charge in [0.05, 0.1) is 0 Å². The first-order chi connectivity index (χ1) is 7.13. The van der Waals surface area contributed by atoms with E-state index < -0.39 is 6.17 Å². The molecule has 0 N–H and O–H groups in total. The van der Waals surface area contributed by atoms with Crippen LogP contribution in [-0.4, -0.2) is 12.5 Å². The van der Waals surface area contributed by atoms with Gasteiger partial charge in [-0.25, -0.2) is 4.39 Å². The number of carbonyl (C=O) groups is 1. The molecule has 0 saturated carbocycles. The van der Waals surface area contributed by atoms with Crippen molar-refractivity contribution in [1.29, 1.82) is 0 Å². The Labute approximate surface area is 90.3 Å². The molecule has 0 aliphatic heterocycles. The Balaban J connectivity index is 2.77. The quantitative estimate of drug-likeness (QED) is 0.679. The van der Waals surface area contributed by atoms with Crippen LogP contribution in [0, 0.1) is 0 Å². The van der Waals surface area contributed by atoms with E-state index in [-0.39, 0.29) is 5.92 Å². The lowest BCUT2D eigenvalue weighted by Gasteiger charge is -2.10. The minimum atomic E-state index is -0.818. The molecular weight excluding hydrogens is 191 g/mol. The molecule has 0 aliphatic carbocycles. The minimum Gasteiger partial charge on any atom is -0.303 e. The number of benzene rings is 1. The molecule has 82 valence electrons. The van der Waals surface area contributed by atoms with Gasteiger partial charge in [-0.15, -0.1) is 0 Å². The lowest BCUT2D eigenvalue weighted by Crippen LogP contribution is -2.00. The lowest BCUT2D eigenvalue weighted by molar-refractivity contribution is -0.108. The largest absolute Gasteiger partial charge is 0.303 e. The molecule has 0 aromatic heterocycles. The molecule has 0 fully saturated rings. The number of rotatable bonds is 5. The lowest BCUT2D eigenvalue weighted by atomic mass is 9.95. The number of hydrogen-bond acceptors (Lipinski definition) is 1. The van der Waals surface area contributed by atoms with Crippen molar-refractivity contribution in [3.05, 3.63) is 35.4 Å². The normalized spacial score (nSPS) is 14.6. The van der Waals surface area contributed by atoms with Crippen molar-refractivity contribution >= 4 is 6.29 Å². The smallest absolute Gasteiger partial charge is 0.120 e. The van der Waals surface area contributed by atoms with E-state index in [2.05, 4.69) is 0 Å². The second-order valence-corrected chi connectivity index (χ2v) is 4.03. The third kappa shape index (κ3) is 3.82. The van der Waals surface area contributed by atoms with Gasteiger partial charge in [0, 0.05) is 12.8 Å². The molecule has 0 spiro atoms. The van der Waals surface area contributed by atoms with E-state index in [4.69, 9.17) is 0 Å². The monoisotopic (exact) mass is 208 g/mol. The van der Waals surface area contributed by atoms with Crippen molar-refractivity contribution in [1.82, 2.24) is 0 Å². The summed E-state index contributed by atoms with van der Waals surface area (Å²) in [6.45, 7) is 3.56. The van der Waals surface area contributed by atoms with Crippen LogP contribution in [0.3, 0.4) is 0 Å². The zero-order valence-corrected chi connectivity index (χ0v) is 9.24. The molecule has 1 rings (SSSR count). The van der Waals surface area contributed by atoms with Gasteiger partial charge < -0.3 is 4.79 Å². The Morgan fingerprint density at radius 1 is 1.40 bits per heavy atom. The number of hydrogen-bond donors (Lipinski definition) is 0. The highest BCUT2D eigenvalue weighted by atomic mass is 19.1. The van der Waals surface area contributed by atoms with Crippen molar-refractivity contribution in [2.45, 2.75) is 38.8 Å². The van der Waals surface area contributed by atoms with Gasteiger partial charge in [0.25, 0.3) is 0 Å². The first kappa shape index (κ1) is 11.9. The van der Waals surface area contributed by atoms with Gasteiger partial charge in [0.2, 0.25) is 0 Å². The van der Waals surface area contributed by atoms with Crippen LogP contribution >= 0.6 is 0 Å². The Morgan fingerprint density at radius 2 is 2.13 bits per heavy atom. The SMILES string of the molecule is CC(F)Cc1cccc(C(C)CC=O)c1. The second-order valence-electron chi connectivity index (χ2n) is 4.03. The fraction of sp³-hybridized carbons (Fsp3) is 0.462. The number of aldehydes is 1. The summed E-state index contributed by atoms with van der Waals surface area (Å²) >= 11 is 0.